The van der Waals surface area contributed by atoms with Gasteiger partial charge in [0.15, 0.2) is 0 Å². The minimum atomic E-state index is -0.942. The lowest BCUT2D eigenvalue weighted by molar-refractivity contribution is -0.163. The molecular weight excluding hydrogens is 294 g/mol. The number of nitrogens with zero attached hydrogens (tertiary/aromatic N) is 3. The molecule has 6 heteroatoms. The fraction of sp³-hybridized carbons (Fsp3) is 0.412. The Morgan fingerprint density at radius 3 is 2.70 bits per heavy atom. The van der Waals surface area contributed by atoms with Crippen LogP contribution >= 0.6 is 0 Å². The van der Waals surface area contributed by atoms with Crippen molar-refractivity contribution in [2.75, 3.05) is 19.7 Å². The molecular formula is C17H21N3O3. The second kappa shape index (κ2) is 6.14. The van der Waals surface area contributed by atoms with E-state index < -0.39 is 5.60 Å². The maximum atomic E-state index is 12.2. The van der Waals surface area contributed by atoms with Crippen LogP contribution in [0, 0.1) is 0 Å². The summed E-state index contributed by atoms with van der Waals surface area (Å²) in [5.74, 6) is 0.661. The topological polar surface area (TPSA) is 67.6 Å². The number of hydrogen-bond acceptors (Lipinski definition) is 4. The highest BCUT2D eigenvalue weighted by atomic mass is 16.5. The van der Waals surface area contributed by atoms with E-state index in [1.807, 2.05) is 55.1 Å². The van der Waals surface area contributed by atoms with E-state index in [0.717, 1.165) is 11.4 Å². The van der Waals surface area contributed by atoms with E-state index in [1.54, 1.807) is 11.1 Å². The van der Waals surface area contributed by atoms with Gasteiger partial charge in [-0.1, -0.05) is 30.3 Å². The molecule has 1 amide bonds. The van der Waals surface area contributed by atoms with Crippen molar-refractivity contribution in [2.24, 2.45) is 7.05 Å². The number of rotatable bonds is 5. The summed E-state index contributed by atoms with van der Waals surface area (Å²) in [5.41, 5.74) is -0.103. The van der Waals surface area contributed by atoms with Crippen molar-refractivity contribution in [2.45, 2.75) is 18.6 Å². The highest BCUT2D eigenvalue weighted by Crippen LogP contribution is 2.31. The maximum Gasteiger partial charge on any atom is 0.248 e. The van der Waals surface area contributed by atoms with Crippen molar-refractivity contribution in [1.82, 2.24) is 14.5 Å². The third-order valence-electron chi connectivity index (χ3n) is 4.25. The van der Waals surface area contributed by atoms with Crippen LogP contribution in [0.5, 0.6) is 0 Å². The van der Waals surface area contributed by atoms with Gasteiger partial charge >= 0.3 is 0 Å². The quantitative estimate of drug-likeness (QED) is 0.901. The van der Waals surface area contributed by atoms with Gasteiger partial charge in [0.05, 0.1) is 13.1 Å². The monoisotopic (exact) mass is 315 g/mol. The zero-order valence-electron chi connectivity index (χ0n) is 13.3. The SMILES string of the molecule is CC(OCC(=O)N1CC(O)(c2ccccc2)C1)c1nccn1C. The van der Waals surface area contributed by atoms with Crippen molar-refractivity contribution < 1.29 is 14.6 Å². The summed E-state index contributed by atoms with van der Waals surface area (Å²) < 4.78 is 7.47. The average molecular weight is 315 g/mol. The van der Waals surface area contributed by atoms with Gasteiger partial charge in [-0.2, -0.15) is 0 Å². The van der Waals surface area contributed by atoms with Gasteiger partial charge in [-0.05, 0) is 12.5 Å². The molecule has 0 bridgehead atoms. The van der Waals surface area contributed by atoms with E-state index in [0.29, 0.717) is 13.1 Å². The Morgan fingerprint density at radius 2 is 2.09 bits per heavy atom. The molecule has 2 aromatic rings. The van der Waals surface area contributed by atoms with Crippen LogP contribution < -0.4 is 0 Å². The summed E-state index contributed by atoms with van der Waals surface area (Å²) in [5, 5.41) is 10.5. The summed E-state index contributed by atoms with van der Waals surface area (Å²) in [6.07, 6.45) is 3.28. The van der Waals surface area contributed by atoms with Crippen molar-refractivity contribution in [3.8, 4) is 0 Å². The number of β-amino-alcohol motifs (C(OH)–C–C–N with tert-alkyl or cyclic N) is 1. The molecule has 1 aliphatic rings. The van der Waals surface area contributed by atoms with E-state index in [-0.39, 0.29) is 18.6 Å². The molecule has 1 saturated heterocycles. The zero-order chi connectivity index (χ0) is 16.4. The maximum absolute atomic E-state index is 12.2. The van der Waals surface area contributed by atoms with Crippen LogP contribution in [0.4, 0.5) is 0 Å². The van der Waals surface area contributed by atoms with E-state index in [9.17, 15) is 9.90 Å². The number of ether oxygens (including phenoxy) is 1. The van der Waals surface area contributed by atoms with Gasteiger partial charge in [-0.15, -0.1) is 0 Å². The van der Waals surface area contributed by atoms with E-state index in [4.69, 9.17) is 4.74 Å². The number of aryl methyl sites for hydroxylation is 1. The van der Waals surface area contributed by atoms with E-state index >= 15 is 0 Å². The number of carbonyl (C=O) groups excluding carboxylic acids is 1. The minimum absolute atomic E-state index is 0.0150. The Bertz CT molecular complexity index is 677. The molecule has 1 aromatic carbocycles. The van der Waals surface area contributed by atoms with Crippen molar-refractivity contribution >= 4 is 5.91 Å². The Hall–Kier alpha value is -2.18. The van der Waals surface area contributed by atoms with Crippen LogP contribution in [-0.2, 0) is 22.2 Å². The molecule has 1 aliphatic heterocycles. The lowest BCUT2D eigenvalue weighted by Crippen LogP contribution is -2.61. The van der Waals surface area contributed by atoms with Crippen LogP contribution in [-0.4, -0.2) is 45.2 Å². The smallest absolute Gasteiger partial charge is 0.248 e. The van der Waals surface area contributed by atoms with Crippen LogP contribution in [0.25, 0.3) is 0 Å². The molecule has 0 radical (unpaired) electrons. The predicted molar refractivity (Wildman–Crippen MR) is 84.5 cm³/mol. The highest BCUT2D eigenvalue weighted by Gasteiger charge is 2.44. The van der Waals surface area contributed by atoms with Crippen LogP contribution in [0.1, 0.15) is 24.4 Å². The number of aromatic nitrogens is 2. The summed E-state index contributed by atoms with van der Waals surface area (Å²) >= 11 is 0. The Morgan fingerprint density at radius 1 is 1.39 bits per heavy atom. The van der Waals surface area contributed by atoms with Gasteiger partial charge in [-0.25, -0.2) is 4.98 Å². The first kappa shape index (κ1) is 15.7. The van der Waals surface area contributed by atoms with Crippen LogP contribution in [0.2, 0.25) is 0 Å². The molecule has 1 fully saturated rings. The third-order valence-corrected chi connectivity index (χ3v) is 4.25. The Kier molecular flexibility index (Phi) is 4.19. The minimum Gasteiger partial charge on any atom is -0.381 e. The molecule has 23 heavy (non-hydrogen) atoms. The third kappa shape index (κ3) is 3.13. The molecule has 1 atom stereocenters. The standard InChI is InChI=1S/C17H21N3O3/c1-13(16-18-8-9-19(16)2)23-10-15(21)20-11-17(22,12-20)14-6-4-3-5-7-14/h3-9,13,22H,10-12H2,1-2H3. The number of likely N-dealkylation sites (tertiary alicyclic amines) is 1. The van der Waals surface area contributed by atoms with Crippen molar-refractivity contribution in [3.05, 3.63) is 54.1 Å². The first-order valence-corrected chi connectivity index (χ1v) is 7.64. The molecule has 0 saturated carbocycles. The molecule has 1 N–H and O–H groups in total. The summed E-state index contributed by atoms with van der Waals surface area (Å²) in [6.45, 7) is 2.46. The summed E-state index contributed by atoms with van der Waals surface area (Å²) in [4.78, 5) is 18.0. The number of aliphatic hydroxyl groups is 1. The molecule has 3 rings (SSSR count). The molecule has 122 valence electrons. The lowest BCUT2D eigenvalue weighted by atomic mass is 9.86. The fourth-order valence-electron chi connectivity index (χ4n) is 2.82. The molecule has 1 aromatic heterocycles. The Labute approximate surface area is 135 Å². The molecule has 0 spiro atoms. The van der Waals surface area contributed by atoms with Crippen molar-refractivity contribution in [1.29, 1.82) is 0 Å². The molecule has 0 aliphatic carbocycles. The average Bonchev–Trinajstić information content (AvgIpc) is 2.96. The number of hydrogen-bond donors (Lipinski definition) is 1. The van der Waals surface area contributed by atoms with Crippen LogP contribution in [0.15, 0.2) is 42.7 Å². The molecule has 6 nitrogen and oxygen atoms in total. The highest BCUT2D eigenvalue weighted by molar-refractivity contribution is 5.78. The van der Waals surface area contributed by atoms with Gasteiger partial charge in [0.2, 0.25) is 5.91 Å². The number of amides is 1. The fourth-order valence-corrected chi connectivity index (χ4v) is 2.82. The van der Waals surface area contributed by atoms with Gasteiger partial charge in [-0.3, -0.25) is 4.79 Å². The van der Waals surface area contributed by atoms with Crippen molar-refractivity contribution in [3.63, 3.8) is 0 Å². The van der Waals surface area contributed by atoms with Gasteiger partial charge in [0.25, 0.3) is 0 Å². The van der Waals surface area contributed by atoms with E-state index in [1.165, 1.54) is 0 Å². The number of benzene rings is 1. The summed E-state index contributed by atoms with van der Waals surface area (Å²) in [7, 11) is 1.89. The first-order valence-electron chi connectivity index (χ1n) is 7.64. The first-order chi connectivity index (χ1) is 11.0. The second-order valence-electron chi connectivity index (χ2n) is 6.00. The molecule has 2 heterocycles. The summed E-state index contributed by atoms with van der Waals surface area (Å²) in [6, 6.07) is 9.43. The number of imidazole rings is 1. The van der Waals surface area contributed by atoms with Gasteiger partial charge < -0.3 is 19.3 Å². The van der Waals surface area contributed by atoms with Gasteiger partial charge in [0.1, 0.15) is 24.1 Å². The van der Waals surface area contributed by atoms with Gasteiger partial charge in [0, 0.05) is 19.4 Å². The Balaban J connectivity index is 1.50. The normalized spacial score (nSPS) is 17.6. The van der Waals surface area contributed by atoms with E-state index in [2.05, 4.69) is 4.98 Å². The lowest BCUT2D eigenvalue weighted by Gasteiger charge is -2.46. The number of carbonyl (C=O) groups is 1. The predicted octanol–water partition coefficient (Wildman–Crippen LogP) is 1.23. The largest absolute Gasteiger partial charge is 0.381 e. The molecule has 1 unspecified atom stereocenters. The second-order valence-corrected chi connectivity index (χ2v) is 6.00. The zero-order valence-corrected chi connectivity index (χ0v) is 13.3. The van der Waals surface area contributed by atoms with Crippen LogP contribution in [0.3, 0.4) is 0 Å².